The van der Waals surface area contributed by atoms with Gasteiger partial charge in [0.2, 0.25) is 0 Å². The predicted molar refractivity (Wildman–Crippen MR) is 86.6 cm³/mol. The Morgan fingerprint density at radius 3 is 2.83 bits per heavy atom. The molecule has 3 rings (SSSR count). The van der Waals surface area contributed by atoms with Crippen molar-refractivity contribution >= 4 is 5.91 Å². The molecule has 6 heteroatoms. The summed E-state index contributed by atoms with van der Waals surface area (Å²) >= 11 is 0. The van der Waals surface area contributed by atoms with Gasteiger partial charge in [0, 0.05) is 31.5 Å². The number of carbonyl (C=O) groups is 1. The lowest BCUT2D eigenvalue weighted by atomic mass is 10.2. The summed E-state index contributed by atoms with van der Waals surface area (Å²) in [7, 11) is 2.07. The zero-order valence-electron chi connectivity index (χ0n) is 14.0. The largest absolute Gasteiger partial charge is 0.368 e. The molecule has 1 saturated heterocycles. The van der Waals surface area contributed by atoms with Crippen molar-refractivity contribution in [3.05, 3.63) is 24.3 Å². The average molecular weight is 318 g/mol. The van der Waals surface area contributed by atoms with Gasteiger partial charge in [0.15, 0.2) is 0 Å². The summed E-state index contributed by atoms with van der Waals surface area (Å²) in [4.78, 5) is 25.2. The number of rotatable bonds is 7. The standard InChI is InChI=1S/C17H26N4O2/c1-13(23-12-14-4-5-14)17(22)21-9-6-15(10-21)20(2)11-16-18-7-3-8-19-16/h3,7-8,13-15H,4-6,9-12H2,1-2H3/t13-,15+/m1/s1. The Balaban J connectivity index is 1.46. The van der Waals surface area contributed by atoms with Gasteiger partial charge in [-0.1, -0.05) is 0 Å². The van der Waals surface area contributed by atoms with Crippen molar-refractivity contribution in [1.29, 1.82) is 0 Å². The zero-order valence-corrected chi connectivity index (χ0v) is 14.0. The van der Waals surface area contributed by atoms with Crippen molar-refractivity contribution in [3.63, 3.8) is 0 Å². The van der Waals surface area contributed by atoms with Crippen LogP contribution in [0.25, 0.3) is 0 Å². The first-order valence-corrected chi connectivity index (χ1v) is 8.50. The van der Waals surface area contributed by atoms with E-state index in [0.717, 1.165) is 31.9 Å². The highest BCUT2D eigenvalue weighted by Gasteiger charge is 2.32. The lowest BCUT2D eigenvalue weighted by Gasteiger charge is -2.25. The Morgan fingerprint density at radius 1 is 1.39 bits per heavy atom. The van der Waals surface area contributed by atoms with Crippen LogP contribution in [0.3, 0.4) is 0 Å². The van der Waals surface area contributed by atoms with Gasteiger partial charge in [-0.2, -0.15) is 0 Å². The summed E-state index contributed by atoms with van der Waals surface area (Å²) in [6.45, 7) is 4.89. The Labute approximate surface area is 137 Å². The molecule has 2 heterocycles. The smallest absolute Gasteiger partial charge is 0.251 e. The van der Waals surface area contributed by atoms with E-state index in [4.69, 9.17) is 4.74 Å². The normalized spacial score (nSPS) is 22.6. The highest BCUT2D eigenvalue weighted by Crippen LogP contribution is 2.29. The molecule has 1 aromatic rings. The summed E-state index contributed by atoms with van der Waals surface area (Å²) in [6.07, 6.45) is 6.69. The third-order valence-electron chi connectivity index (χ3n) is 4.74. The van der Waals surface area contributed by atoms with Gasteiger partial charge < -0.3 is 9.64 Å². The number of hydrogen-bond donors (Lipinski definition) is 0. The van der Waals surface area contributed by atoms with Crippen LogP contribution in [0.5, 0.6) is 0 Å². The summed E-state index contributed by atoms with van der Waals surface area (Å²) in [5, 5.41) is 0. The second-order valence-corrected chi connectivity index (χ2v) is 6.73. The average Bonchev–Trinajstić information content (AvgIpc) is 3.26. The third kappa shape index (κ3) is 4.48. The maximum Gasteiger partial charge on any atom is 0.251 e. The maximum absolute atomic E-state index is 12.5. The SMILES string of the molecule is C[C@@H](OCC1CC1)C(=O)N1CC[C@H](N(C)Cc2ncccn2)C1. The van der Waals surface area contributed by atoms with E-state index in [2.05, 4.69) is 21.9 Å². The molecule has 0 N–H and O–H groups in total. The number of ether oxygens (including phenoxy) is 1. The molecule has 0 bridgehead atoms. The Kier molecular flexibility index (Phi) is 5.23. The number of likely N-dealkylation sites (tertiary alicyclic amines) is 1. The van der Waals surface area contributed by atoms with Gasteiger partial charge in [0.25, 0.3) is 5.91 Å². The molecule has 6 nitrogen and oxygen atoms in total. The fourth-order valence-corrected chi connectivity index (χ4v) is 2.96. The molecule has 1 aliphatic carbocycles. The second kappa shape index (κ2) is 7.36. The first kappa shape index (κ1) is 16.3. The van der Waals surface area contributed by atoms with Gasteiger partial charge >= 0.3 is 0 Å². The molecule has 1 aliphatic heterocycles. The van der Waals surface area contributed by atoms with Crippen LogP contribution in [-0.4, -0.2) is 64.6 Å². The molecular weight excluding hydrogens is 292 g/mol. The Morgan fingerprint density at radius 2 is 2.13 bits per heavy atom. The summed E-state index contributed by atoms with van der Waals surface area (Å²) < 4.78 is 5.71. The molecule has 23 heavy (non-hydrogen) atoms. The van der Waals surface area contributed by atoms with E-state index >= 15 is 0 Å². The van der Waals surface area contributed by atoms with Gasteiger partial charge in [-0.05, 0) is 45.2 Å². The number of carbonyl (C=O) groups excluding carboxylic acids is 1. The minimum atomic E-state index is -0.322. The summed E-state index contributed by atoms with van der Waals surface area (Å²) in [5.41, 5.74) is 0. The second-order valence-electron chi connectivity index (χ2n) is 6.73. The van der Waals surface area contributed by atoms with Crippen molar-refractivity contribution in [2.24, 2.45) is 5.92 Å². The quantitative estimate of drug-likeness (QED) is 0.759. The minimum absolute atomic E-state index is 0.123. The van der Waals surface area contributed by atoms with E-state index in [-0.39, 0.29) is 12.0 Å². The van der Waals surface area contributed by atoms with Gasteiger partial charge in [-0.15, -0.1) is 0 Å². The van der Waals surface area contributed by atoms with E-state index in [1.807, 2.05) is 17.9 Å². The first-order valence-electron chi connectivity index (χ1n) is 8.50. The topological polar surface area (TPSA) is 58.6 Å². The van der Waals surface area contributed by atoms with Crippen LogP contribution in [0, 0.1) is 5.92 Å². The molecule has 1 amide bonds. The lowest BCUT2D eigenvalue weighted by Crippen LogP contribution is -2.40. The third-order valence-corrected chi connectivity index (χ3v) is 4.74. The number of likely N-dealkylation sites (N-methyl/N-ethyl adjacent to an activating group) is 1. The lowest BCUT2D eigenvalue weighted by molar-refractivity contribution is -0.142. The van der Waals surface area contributed by atoms with Crippen LogP contribution in [0.2, 0.25) is 0 Å². The molecule has 0 spiro atoms. The monoisotopic (exact) mass is 318 g/mol. The van der Waals surface area contributed by atoms with Crippen LogP contribution >= 0.6 is 0 Å². The van der Waals surface area contributed by atoms with Crippen molar-refractivity contribution in [2.75, 3.05) is 26.7 Å². The molecule has 126 valence electrons. The van der Waals surface area contributed by atoms with Crippen molar-refractivity contribution in [3.8, 4) is 0 Å². The van der Waals surface area contributed by atoms with E-state index < -0.39 is 0 Å². The fourth-order valence-electron chi connectivity index (χ4n) is 2.96. The number of nitrogens with zero attached hydrogens (tertiary/aromatic N) is 4. The molecule has 1 saturated carbocycles. The van der Waals surface area contributed by atoms with Gasteiger partial charge in [-0.25, -0.2) is 9.97 Å². The molecule has 2 fully saturated rings. The van der Waals surface area contributed by atoms with Gasteiger partial charge in [-0.3, -0.25) is 9.69 Å². The van der Waals surface area contributed by atoms with Crippen molar-refractivity contribution < 1.29 is 9.53 Å². The number of amides is 1. The predicted octanol–water partition coefficient (Wildman–Crippen LogP) is 1.32. The highest BCUT2D eigenvalue weighted by molar-refractivity contribution is 5.80. The molecule has 2 atom stereocenters. The van der Waals surface area contributed by atoms with E-state index in [1.165, 1.54) is 12.8 Å². The maximum atomic E-state index is 12.5. The molecule has 0 radical (unpaired) electrons. The van der Waals surface area contributed by atoms with Crippen LogP contribution in [-0.2, 0) is 16.1 Å². The highest BCUT2D eigenvalue weighted by atomic mass is 16.5. The van der Waals surface area contributed by atoms with E-state index in [0.29, 0.717) is 18.5 Å². The van der Waals surface area contributed by atoms with Gasteiger partial charge in [0.1, 0.15) is 11.9 Å². The number of hydrogen-bond acceptors (Lipinski definition) is 5. The van der Waals surface area contributed by atoms with Crippen molar-refractivity contribution in [2.45, 2.75) is 44.9 Å². The molecular formula is C17H26N4O2. The van der Waals surface area contributed by atoms with E-state index in [9.17, 15) is 4.79 Å². The molecule has 0 unspecified atom stereocenters. The molecule has 2 aliphatic rings. The van der Waals surface area contributed by atoms with Crippen LogP contribution < -0.4 is 0 Å². The van der Waals surface area contributed by atoms with Crippen molar-refractivity contribution in [1.82, 2.24) is 19.8 Å². The van der Waals surface area contributed by atoms with E-state index in [1.54, 1.807) is 12.4 Å². The zero-order chi connectivity index (χ0) is 16.2. The van der Waals surface area contributed by atoms with Crippen LogP contribution in [0.15, 0.2) is 18.5 Å². The fraction of sp³-hybridized carbons (Fsp3) is 0.706. The first-order chi connectivity index (χ1) is 11.1. The number of aromatic nitrogens is 2. The molecule has 0 aromatic carbocycles. The molecule has 1 aromatic heterocycles. The summed E-state index contributed by atoms with van der Waals surface area (Å²) in [6, 6.07) is 2.18. The van der Waals surface area contributed by atoms with Crippen LogP contribution in [0.1, 0.15) is 32.0 Å². The summed E-state index contributed by atoms with van der Waals surface area (Å²) in [5.74, 6) is 1.63. The Hall–Kier alpha value is -1.53. The van der Waals surface area contributed by atoms with Gasteiger partial charge in [0.05, 0.1) is 13.2 Å². The van der Waals surface area contributed by atoms with Crippen LogP contribution in [0.4, 0.5) is 0 Å². The minimum Gasteiger partial charge on any atom is -0.368 e. The Bertz CT molecular complexity index is 521.